The predicted molar refractivity (Wildman–Crippen MR) is 136 cm³/mol. The first kappa shape index (κ1) is 24.4. The quantitative estimate of drug-likeness (QED) is 0.228. The van der Waals surface area contributed by atoms with Crippen molar-refractivity contribution in [3.63, 3.8) is 0 Å². The van der Waals surface area contributed by atoms with Crippen molar-refractivity contribution in [3.05, 3.63) is 60.2 Å². The van der Waals surface area contributed by atoms with Crippen LogP contribution < -0.4 is 15.8 Å². The highest BCUT2D eigenvalue weighted by Crippen LogP contribution is 2.22. The highest BCUT2D eigenvalue weighted by Gasteiger charge is 2.16. The highest BCUT2D eigenvalue weighted by atomic mass is 127. The number of benzene rings is 2. The molecule has 0 aromatic heterocycles. The largest absolute Gasteiger partial charge is 0.495 e. The summed E-state index contributed by atoms with van der Waals surface area (Å²) in [6, 6.07) is 18.4. The summed E-state index contributed by atoms with van der Waals surface area (Å²) in [5.41, 5.74) is 8.24. The molecule has 164 valence electrons. The summed E-state index contributed by atoms with van der Waals surface area (Å²) in [7, 11) is 1.65. The number of ether oxygens (including phenoxy) is 1. The van der Waals surface area contributed by atoms with Crippen LogP contribution in [0, 0.1) is 0 Å². The van der Waals surface area contributed by atoms with Gasteiger partial charge in [0.05, 0.1) is 12.8 Å². The van der Waals surface area contributed by atoms with Crippen LogP contribution in [0.1, 0.15) is 18.4 Å². The van der Waals surface area contributed by atoms with Crippen LogP contribution in [0.5, 0.6) is 5.75 Å². The fourth-order valence-corrected chi connectivity index (χ4v) is 3.58. The summed E-state index contributed by atoms with van der Waals surface area (Å²) < 4.78 is 5.32. The number of nitrogens with two attached hydrogens (primary N) is 1. The van der Waals surface area contributed by atoms with Gasteiger partial charge in [-0.1, -0.05) is 42.5 Å². The molecule has 7 heteroatoms. The van der Waals surface area contributed by atoms with Gasteiger partial charge < -0.3 is 20.7 Å². The predicted octanol–water partition coefficient (Wildman–Crippen LogP) is 3.64. The van der Waals surface area contributed by atoms with Crippen LogP contribution in [-0.2, 0) is 6.54 Å². The smallest absolute Gasteiger partial charge is 0.193 e. The first-order chi connectivity index (χ1) is 14.2. The van der Waals surface area contributed by atoms with Crippen molar-refractivity contribution in [2.24, 2.45) is 10.7 Å². The molecule has 0 unspecified atom stereocenters. The zero-order valence-electron chi connectivity index (χ0n) is 17.8. The van der Waals surface area contributed by atoms with Gasteiger partial charge in [0.1, 0.15) is 5.75 Å². The van der Waals surface area contributed by atoms with Gasteiger partial charge in [0.25, 0.3) is 0 Å². The van der Waals surface area contributed by atoms with E-state index < -0.39 is 0 Å². The van der Waals surface area contributed by atoms with E-state index in [0.717, 1.165) is 70.1 Å². The molecule has 1 aliphatic heterocycles. The van der Waals surface area contributed by atoms with E-state index in [2.05, 4.69) is 50.4 Å². The van der Waals surface area contributed by atoms with E-state index in [1.54, 1.807) is 7.11 Å². The molecule has 0 spiro atoms. The average molecular weight is 523 g/mol. The molecular weight excluding hydrogens is 489 g/mol. The zero-order valence-corrected chi connectivity index (χ0v) is 20.1. The third kappa shape index (κ3) is 8.12. The van der Waals surface area contributed by atoms with Gasteiger partial charge in [0.15, 0.2) is 5.96 Å². The lowest BCUT2D eigenvalue weighted by atomic mass is 10.2. The molecule has 0 radical (unpaired) electrons. The average Bonchev–Trinajstić information content (AvgIpc) is 2.76. The van der Waals surface area contributed by atoms with Gasteiger partial charge in [0, 0.05) is 39.3 Å². The normalized spacial score (nSPS) is 15.4. The summed E-state index contributed by atoms with van der Waals surface area (Å²) in [5, 5.41) is 3.11. The van der Waals surface area contributed by atoms with Gasteiger partial charge in [0.2, 0.25) is 0 Å². The number of methoxy groups -OCH3 is 1. The van der Waals surface area contributed by atoms with Crippen LogP contribution in [-0.4, -0.2) is 62.1 Å². The van der Waals surface area contributed by atoms with Crippen molar-refractivity contribution in [3.8, 4) is 5.75 Å². The number of guanidine groups is 1. The Labute approximate surface area is 197 Å². The van der Waals surface area contributed by atoms with E-state index in [1.165, 1.54) is 5.56 Å². The van der Waals surface area contributed by atoms with Crippen molar-refractivity contribution >= 4 is 35.6 Å². The minimum absolute atomic E-state index is 0. The molecule has 1 aliphatic rings. The van der Waals surface area contributed by atoms with Crippen LogP contribution >= 0.6 is 24.0 Å². The van der Waals surface area contributed by atoms with Crippen LogP contribution in [0.15, 0.2) is 59.6 Å². The molecular formula is C23H34IN5O. The molecule has 1 saturated heterocycles. The van der Waals surface area contributed by atoms with Gasteiger partial charge in [-0.3, -0.25) is 9.89 Å². The number of halogens is 1. The van der Waals surface area contributed by atoms with Gasteiger partial charge in [-0.05, 0) is 37.1 Å². The van der Waals surface area contributed by atoms with E-state index in [0.29, 0.717) is 5.96 Å². The highest BCUT2D eigenvalue weighted by molar-refractivity contribution is 14.0. The summed E-state index contributed by atoms with van der Waals surface area (Å²) in [5.74, 6) is 1.20. The standard InChI is InChI=1S/C23H33N5O.HI/c1-29-22-12-6-5-11-21(22)26-23(24)25-13-7-8-14-27-15-17-28(18-16-27)19-20-9-3-2-4-10-20;/h2-6,9-12H,7-8,13-19H2,1H3,(H3,24,25,26);1H. The van der Waals surface area contributed by atoms with Crippen molar-refractivity contribution in [1.29, 1.82) is 0 Å². The lowest BCUT2D eigenvalue weighted by Gasteiger charge is -2.34. The molecule has 0 bridgehead atoms. The lowest BCUT2D eigenvalue weighted by molar-refractivity contribution is 0.126. The summed E-state index contributed by atoms with van der Waals surface area (Å²) in [4.78, 5) is 9.54. The summed E-state index contributed by atoms with van der Waals surface area (Å²) in [6.45, 7) is 7.51. The van der Waals surface area contributed by atoms with Crippen LogP contribution in [0.25, 0.3) is 0 Å². The second-order valence-electron chi connectivity index (χ2n) is 7.40. The van der Waals surface area contributed by atoms with Crippen molar-refractivity contribution < 1.29 is 4.74 Å². The number of nitrogens with zero attached hydrogens (tertiary/aromatic N) is 3. The number of unbranched alkanes of at least 4 members (excludes halogenated alkanes) is 1. The molecule has 3 rings (SSSR count). The third-order valence-electron chi connectivity index (χ3n) is 5.25. The minimum Gasteiger partial charge on any atom is -0.495 e. The number of hydrogen-bond donors (Lipinski definition) is 2. The number of nitrogens with one attached hydrogen (secondary N) is 1. The van der Waals surface area contributed by atoms with Crippen molar-refractivity contribution in [1.82, 2.24) is 9.80 Å². The molecule has 2 aromatic carbocycles. The fourth-order valence-electron chi connectivity index (χ4n) is 3.58. The number of anilines is 1. The SMILES string of the molecule is COc1ccccc1NC(N)=NCCCCN1CCN(Cc2ccccc2)CC1.I. The van der Waals surface area contributed by atoms with Gasteiger partial charge >= 0.3 is 0 Å². The van der Waals surface area contributed by atoms with Crippen LogP contribution in [0.2, 0.25) is 0 Å². The molecule has 0 atom stereocenters. The molecule has 0 saturated carbocycles. The van der Waals surface area contributed by atoms with E-state index in [-0.39, 0.29) is 24.0 Å². The maximum absolute atomic E-state index is 6.00. The van der Waals surface area contributed by atoms with Gasteiger partial charge in [-0.2, -0.15) is 0 Å². The maximum atomic E-state index is 6.00. The van der Waals surface area contributed by atoms with E-state index >= 15 is 0 Å². The molecule has 1 fully saturated rings. The maximum Gasteiger partial charge on any atom is 0.193 e. The Morgan fingerprint density at radius 3 is 2.37 bits per heavy atom. The Kier molecular flexibility index (Phi) is 11.0. The van der Waals surface area contributed by atoms with Crippen LogP contribution in [0.4, 0.5) is 5.69 Å². The molecule has 0 aliphatic carbocycles. The van der Waals surface area contributed by atoms with E-state index in [1.807, 2.05) is 24.3 Å². The van der Waals surface area contributed by atoms with E-state index in [9.17, 15) is 0 Å². The lowest BCUT2D eigenvalue weighted by Crippen LogP contribution is -2.46. The molecule has 1 heterocycles. The van der Waals surface area contributed by atoms with Crippen LogP contribution in [0.3, 0.4) is 0 Å². The Balaban J connectivity index is 0.00000320. The van der Waals surface area contributed by atoms with Gasteiger partial charge in [-0.15, -0.1) is 24.0 Å². The second-order valence-corrected chi connectivity index (χ2v) is 7.40. The Morgan fingerprint density at radius 2 is 1.63 bits per heavy atom. The monoisotopic (exact) mass is 523 g/mol. The number of rotatable bonds is 9. The number of para-hydroxylation sites is 2. The Hall–Kier alpha value is -1.84. The number of piperazine rings is 1. The molecule has 6 nitrogen and oxygen atoms in total. The first-order valence-electron chi connectivity index (χ1n) is 10.4. The minimum atomic E-state index is 0. The zero-order chi connectivity index (χ0) is 20.3. The molecule has 0 amide bonds. The number of hydrogen-bond acceptors (Lipinski definition) is 4. The van der Waals surface area contributed by atoms with Gasteiger partial charge in [-0.25, -0.2) is 0 Å². The fraction of sp³-hybridized carbons (Fsp3) is 0.435. The van der Waals surface area contributed by atoms with E-state index in [4.69, 9.17) is 10.5 Å². The first-order valence-corrected chi connectivity index (χ1v) is 10.4. The molecule has 2 aromatic rings. The van der Waals surface area contributed by atoms with Crippen molar-refractivity contribution in [2.75, 3.05) is 51.7 Å². The summed E-state index contributed by atoms with van der Waals surface area (Å²) in [6.07, 6.45) is 2.18. The second kappa shape index (κ2) is 13.5. The molecule has 3 N–H and O–H groups in total. The molecule has 30 heavy (non-hydrogen) atoms. The Bertz CT molecular complexity index is 763. The summed E-state index contributed by atoms with van der Waals surface area (Å²) >= 11 is 0. The topological polar surface area (TPSA) is 66.1 Å². The van der Waals surface area contributed by atoms with Crippen molar-refractivity contribution in [2.45, 2.75) is 19.4 Å². The Morgan fingerprint density at radius 1 is 0.967 bits per heavy atom. The third-order valence-corrected chi connectivity index (χ3v) is 5.25. The number of aliphatic imine (C=N–C) groups is 1.